The maximum absolute atomic E-state index is 12.9. The van der Waals surface area contributed by atoms with Crippen molar-refractivity contribution in [2.75, 3.05) is 11.9 Å². The van der Waals surface area contributed by atoms with Crippen molar-refractivity contribution in [3.63, 3.8) is 0 Å². The van der Waals surface area contributed by atoms with E-state index in [1.807, 2.05) is 6.92 Å². The Kier molecular flexibility index (Phi) is 6.28. The Morgan fingerprint density at radius 1 is 1.13 bits per heavy atom. The Morgan fingerprint density at radius 2 is 1.81 bits per heavy atom. The summed E-state index contributed by atoms with van der Waals surface area (Å²) in [4.78, 5) is 42.3. The minimum Gasteiger partial charge on any atom is -0.365 e. The van der Waals surface area contributed by atoms with E-state index < -0.39 is 35.5 Å². The molecule has 0 radical (unpaired) electrons. The number of alkyl halides is 3. The number of primary amides is 1. The van der Waals surface area contributed by atoms with Crippen LogP contribution in [-0.4, -0.2) is 34.2 Å². The van der Waals surface area contributed by atoms with E-state index in [-0.39, 0.29) is 23.8 Å². The van der Waals surface area contributed by atoms with Crippen LogP contribution in [0.3, 0.4) is 0 Å². The van der Waals surface area contributed by atoms with Crippen molar-refractivity contribution in [2.45, 2.75) is 32.0 Å². The van der Waals surface area contributed by atoms with Crippen LogP contribution >= 0.6 is 0 Å². The van der Waals surface area contributed by atoms with Crippen LogP contribution in [0, 0.1) is 5.92 Å². The molecule has 0 aliphatic carbocycles. The van der Waals surface area contributed by atoms with Gasteiger partial charge in [0.1, 0.15) is 5.82 Å². The lowest BCUT2D eigenvalue weighted by Gasteiger charge is -2.38. The first-order valence-corrected chi connectivity index (χ1v) is 9.62. The molecule has 1 aromatic heterocycles. The van der Waals surface area contributed by atoms with Crippen LogP contribution in [0.15, 0.2) is 42.6 Å². The van der Waals surface area contributed by atoms with E-state index >= 15 is 0 Å². The lowest BCUT2D eigenvalue weighted by atomic mass is 9.89. The minimum absolute atomic E-state index is 0.0463. The number of aromatic nitrogens is 1. The zero-order chi connectivity index (χ0) is 22.8. The molecule has 1 aliphatic heterocycles. The Balaban J connectivity index is 1.83. The Hall–Kier alpha value is -3.43. The normalized spacial score (nSPS) is 19.0. The first kappa shape index (κ1) is 22.3. The van der Waals surface area contributed by atoms with E-state index in [4.69, 9.17) is 5.73 Å². The molecule has 2 atom stereocenters. The van der Waals surface area contributed by atoms with Gasteiger partial charge < -0.3 is 16.0 Å². The van der Waals surface area contributed by atoms with Gasteiger partial charge in [-0.25, -0.2) is 4.98 Å². The Morgan fingerprint density at radius 3 is 2.42 bits per heavy atom. The van der Waals surface area contributed by atoms with Gasteiger partial charge in [0.05, 0.1) is 17.2 Å². The first-order chi connectivity index (χ1) is 14.6. The molecule has 2 heterocycles. The fourth-order valence-corrected chi connectivity index (χ4v) is 3.61. The third-order valence-corrected chi connectivity index (χ3v) is 5.20. The molecule has 1 aliphatic rings. The van der Waals surface area contributed by atoms with Gasteiger partial charge in [-0.3, -0.25) is 14.4 Å². The van der Waals surface area contributed by atoms with E-state index in [1.54, 1.807) is 0 Å². The maximum Gasteiger partial charge on any atom is 0.416 e. The molecule has 0 spiro atoms. The van der Waals surface area contributed by atoms with Gasteiger partial charge in [-0.05, 0) is 48.6 Å². The number of rotatable bonds is 3. The summed E-state index contributed by atoms with van der Waals surface area (Å²) in [6, 6.07) is 6.85. The molecule has 2 unspecified atom stereocenters. The lowest BCUT2D eigenvalue weighted by molar-refractivity contribution is -0.146. The van der Waals surface area contributed by atoms with Crippen molar-refractivity contribution in [1.29, 1.82) is 0 Å². The van der Waals surface area contributed by atoms with E-state index in [0.29, 0.717) is 12.0 Å². The lowest BCUT2D eigenvalue weighted by Crippen LogP contribution is -2.46. The average molecular weight is 434 g/mol. The summed E-state index contributed by atoms with van der Waals surface area (Å²) in [6.45, 7) is 2.19. The number of anilines is 1. The fraction of sp³-hybridized carbons (Fsp3) is 0.333. The monoisotopic (exact) mass is 434 g/mol. The predicted molar refractivity (Wildman–Crippen MR) is 106 cm³/mol. The second kappa shape index (κ2) is 8.75. The average Bonchev–Trinajstić information content (AvgIpc) is 2.73. The summed E-state index contributed by atoms with van der Waals surface area (Å²) < 4.78 is 38.6. The minimum atomic E-state index is -4.46. The van der Waals surface area contributed by atoms with Crippen LogP contribution in [-0.2, 0) is 15.8 Å². The van der Waals surface area contributed by atoms with Gasteiger partial charge in [0.2, 0.25) is 0 Å². The number of likely N-dealkylation sites (tertiary alicyclic amines) is 1. The second-order valence-electron chi connectivity index (χ2n) is 7.49. The summed E-state index contributed by atoms with van der Waals surface area (Å²) >= 11 is 0. The van der Waals surface area contributed by atoms with Crippen molar-refractivity contribution >= 4 is 23.5 Å². The van der Waals surface area contributed by atoms with Crippen LogP contribution in [0.25, 0.3) is 0 Å². The molecular weight excluding hydrogens is 413 g/mol. The van der Waals surface area contributed by atoms with Gasteiger partial charge in [-0.2, -0.15) is 13.2 Å². The number of nitrogens with two attached hydrogens (primary N) is 1. The molecule has 3 amide bonds. The number of benzene rings is 1. The van der Waals surface area contributed by atoms with Crippen molar-refractivity contribution in [3.05, 3.63) is 59.3 Å². The Bertz CT molecular complexity index is 992. The number of pyridine rings is 1. The second-order valence-corrected chi connectivity index (χ2v) is 7.49. The number of amides is 3. The Labute approximate surface area is 176 Å². The molecule has 0 bridgehead atoms. The molecule has 2 aromatic rings. The number of hydrogen-bond donors (Lipinski definition) is 2. The summed E-state index contributed by atoms with van der Waals surface area (Å²) in [7, 11) is 0. The van der Waals surface area contributed by atoms with Gasteiger partial charge >= 0.3 is 18.0 Å². The van der Waals surface area contributed by atoms with E-state index in [1.165, 1.54) is 35.4 Å². The third kappa shape index (κ3) is 5.01. The van der Waals surface area contributed by atoms with Gasteiger partial charge in [-0.15, -0.1) is 0 Å². The van der Waals surface area contributed by atoms with Crippen molar-refractivity contribution in [2.24, 2.45) is 11.7 Å². The summed E-state index contributed by atoms with van der Waals surface area (Å²) in [5.74, 6) is -2.71. The predicted octanol–water partition coefficient (Wildman–Crippen LogP) is 3.14. The van der Waals surface area contributed by atoms with Gasteiger partial charge in [-0.1, -0.05) is 19.1 Å². The van der Waals surface area contributed by atoms with Crippen LogP contribution in [0.2, 0.25) is 0 Å². The highest BCUT2D eigenvalue weighted by molar-refractivity contribution is 6.39. The first-order valence-electron chi connectivity index (χ1n) is 9.62. The van der Waals surface area contributed by atoms with Crippen LogP contribution < -0.4 is 11.1 Å². The van der Waals surface area contributed by atoms with E-state index in [9.17, 15) is 27.6 Å². The van der Waals surface area contributed by atoms with Gasteiger partial charge in [0, 0.05) is 12.7 Å². The smallest absolute Gasteiger partial charge is 0.365 e. The number of halogens is 3. The standard InChI is InChI=1S/C21H21F3N4O3/c1-12-4-9-16(13-5-7-14(8-6-13)21(22,23)24)28(11-12)20(31)19(30)27-18-15(17(25)29)3-2-10-26-18/h2-3,5-8,10,12,16H,4,9,11H2,1H3,(H2,25,29)(H,26,27,30). The van der Waals surface area contributed by atoms with Gasteiger partial charge in [0.15, 0.2) is 0 Å². The highest BCUT2D eigenvalue weighted by atomic mass is 19.4. The van der Waals surface area contributed by atoms with Crippen LogP contribution in [0.1, 0.15) is 47.3 Å². The number of nitrogens with zero attached hydrogens (tertiary/aromatic N) is 2. The van der Waals surface area contributed by atoms with E-state index in [0.717, 1.165) is 18.6 Å². The molecule has 31 heavy (non-hydrogen) atoms. The van der Waals surface area contributed by atoms with Crippen LogP contribution in [0.5, 0.6) is 0 Å². The highest BCUT2D eigenvalue weighted by Gasteiger charge is 2.35. The van der Waals surface area contributed by atoms with E-state index in [2.05, 4.69) is 10.3 Å². The van der Waals surface area contributed by atoms with Crippen molar-refractivity contribution in [1.82, 2.24) is 9.88 Å². The zero-order valence-electron chi connectivity index (χ0n) is 16.6. The molecule has 1 fully saturated rings. The zero-order valence-corrected chi connectivity index (χ0v) is 16.6. The molecular formula is C21H21F3N4O3. The van der Waals surface area contributed by atoms with Crippen molar-refractivity contribution < 1.29 is 27.6 Å². The van der Waals surface area contributed by atoms with Crippen molar-refractivity contribution in [3.8, 4) is 0 Å². The topological polar surface area (TPSA) is 105 Å². The number of hydrogen-bond acceptors (Lipinski definition) is 4. The molecule has 7 nitrogen and oxygen atoms in total. The molecule has 0 saturated carbocycles. The fourth-order valence-electron chi connectivity index (χ4n) is 3.61. The molecule has 1 saturated heterocycles. The summed E-state index contributed by atoms with van der Waals surface area (Å²) in [5.41, 5.74) is 4.94. The number of nitrogens with one attached hydrogen (secondary N) is 1. The molecule has 1 aromatic carbocycles. The maximum atomic E-state index is 12.9. The SMILES string of the molecule is CC1CCC(c2ccc(C(F)(F)F)cc2)N(C(=O)C(=O)Nc2ncccc2C(N)=O)C1. The summed E-state index contributed by atoms with van der Waals surface area (Å²) in [5, 5.41) is 2.31. The van der Waals surface area contributed by atoms with Gasteiger partial charge in [0.25, 0.3) is 5.91 Å². The summed E-state index contributed by atoms with van der Waals surface area (Å²) in [6.07, 6.45) is -1.87. The largest absolute Gasteiger partial charge is 0.416 e. The molecule has 164 valence electrons. The number of piperidine rings is 1. The third-order valence-electron chi connectivity index (χ3n) is 5.20. The van der Waals surface area contributed by atoms with Crippen LogP contribution in [0.4, 0.5) is 19.0 Å². The molecule has 10 heteroatoms. The highest BCUT2D eigenvalue weighted by Crippen LogP contribution is 2.35. The number of carbonyl (C=O) groups is 3. The molecule has 3 N–H and O–H groups in total. The number of carbonyl (C=O) groups excluding carboxylic acids is 3. The molecule has 3 rings (SSSR count). The quantitative estimate of drug-likeness (QED) is 0.724.